The molecule has 10 heteroatoms. The monoisotopic (exact) mass is 764 g/mol. The molecule has 0 saturated carbocycles. The molecule has 0 saturated heterocycles. The van der Waals surface area contributed by atoms with E-state index in [2.05, 4.69) is 41.7 Å². The molecule has 0 bridgehead atoms. The molecule has 1 N–H and O–H groups in total. The molecule has 1 aromatic heterocycles. The summed E-state index contributed by atoms with van der Waals surface area (Å²) in [5.74, 6) is -0.446. The molecule has 5 aromatic carbocycles. The van der Waals surface area contributed by atoms with Crippen molar-refractivity contribution in [1.82, 2.24) is 19.8 Å². The van der Waals surface area contributed by atoms with Gasteiger partial charge in [-0.25, -0.2) is 9.78 Å². The SMILES string of the molecule is COc1ccc(CN(CC(=O)OC(C)(C)C)C(=O)[C@H](Cc2cn(C(c3ccccc3)(c3ccccc3)c3ccccc3)cn2)NC(=O)OCc2ccccc2)cc1. The van der Waals surface area contributed by atoms with Crippen molar-refractivity contribution in [1.29, 1.82) is 0 Å². The van der Waals surface area contributed by atoms with E-state index in [1.807, 2.05) is 108 Å². The summed E-state index contributed by atoms with van der Waals surface area (Å²) in [5.41, 5.74) is 3.47. The smallest absolute Gasteiger partial charge is 0.408 e. The van der Waals surface area contributed by atoms with Crippen molar-refractivity contribution in [3.8, 4) is 5.75 Å². The van der Waals surface area contributed by atoms with Gasteiger partial charge in [0.05, 0.1) is 19.1 Å². The summed E-state index contributed by atoms with van der Waals surface area (Å²) in [6.07, 6.45) is 2.87. The van der Waals surface area contributed by atoms with Crippen molar-refractivity contribution >= 4 is 18.0 Å². The molecule has 0 radical (unpaired) electrons. The standard InChI is InChI=1S/C47H48N4O6/c1-46(2,3)57-43(52)32-50(30-35-25-27-41(55-4)28-26-35)44(53)42(49-45(54)56-33-36-17-9-5-10-18-36)29-40-31-51(34-48-40)47(37-19-11-6-12-20-37,38-21-13-7-14-22-38)39-23-15-8-16-24-39/h5-28,31,34,42H,29-30,32-33H2,1-4H3,(H,49,54)/t42-/m0/s1. The van der Waals surface area contributed by atoms with Crippen LogP contribution in [0.25, 0.3) is 0 Å². The van der Waals surface area contributed by atoms with E-state index in [1.54, 1.807) is 46.3 Å². The fourth-order valence-electron chi connectivity index (χ4n) is 6.87. The van der Waals surface area contributed by atoms with Crippen LogP contribution in [-0.4, -0.2) is 57.7 Å². The van der Waals surface area contributed by atoms with E-state index in [9.17, 15) is 14.4 Å². The maximum absolute atomic E-state index is 14.7. The number of carbonyl (C=O) groups excluding carboxylic acids is 3. The van der Waals surface area contributed by atoms with Gasteiger partial charge < -0.3 is 29.0 Å². The van der Waals surface area contributed by atoms with E-state index < -0.39 is 35.2 Å². The highest BCUT2D eigenvalue weighted by atomic mass is 16.6. The lowest BCUT2D eigenvalue weighted by Crippen LogP contribution is -2.51. The second kappa shape index (κ2) is 18.3. The number of amides is 2. The lowest BCUT2D eigenvalue weighted by Gasteiger charge is -2.37. The number of nitrogens with one attached hydrogen (secondary N) is 1. The van der Waals surface area contributed by atoms with Crippen molar-refractivity contribution in [3.63, 3.8) is 0 Å². The molecule has 0 unspecified atom stereocenters. The number of alkyl carbamates (subject to hydrolysis) is 1. The Morgan fingerprint density at radius 2 is 1.25 bits per heavy atom. The number of hydrogen-bond acceptors (Lipinski definition) is 7. The van der Waals surface area contributed by atoms with Gasteiger partial charge in [0.2, 0.25) is 5.91 Å². The first kappa shape index (κ1) is 40.0. The predicted molar refractivity (Wildman–Crippen MR) is 218 cm³/mol. The molecular formula is C47H48N4O6. The van der Waals surface area contributed by atoms with Gasteiger partial charge in [-0.3, -0.25) is 9.59 Å². The lowest BCUT2D eigenvalue weighted by atomic mass is 9.77. The molecule has 6 aromatic rings. The summed E-state index contributed by atoms with van der Waals surface area (Å²) in [6.45, 7) is 5.02. The summed E-state index contributed by atoms with van der Waals surface area (Å²) >= 11 is 0. The molecule has 6 rings (SSSR count). The van der Waals surface area contributed by atoms with Crippen LogP contribution in [0.3, 0.4) is 0 Å². The van der Waals surface area contributed by atoms with Crippen molar-refractivity contribution in [2.75, 3.05) is 13.7 Å². The van der Waals surface area contributed by atoms with Crippen molar-refractivity contribution < 1.29 is 28.6 Å². The van der Waals surface area contributed by atoms with Gasteiger partial charge in [0.25, 0.3) is 0 Å². The van der Waals surface area contributed by atoms with Gasteiger partial charge in [0.1, 0.15) is 36.1 Å². The zero-order valence-electron chi connectivity index (χ0n) is 32.7. The van der Waals surface area contributed by atoms with Crippen LogP contribution >= 0.6 is 0 Å². The van der Waals surface area contributed by atoms with Crippen LogP contribution in [0, 0.1) is 0 Å². The van der Waals surface area contributed by atoms with Gasteiger partial charge >= 0.3 is 12.1 Å². The number of benzene rings is 5. The Bertz CT molecular complexity index is 2110. The van der Waals surface area contributed by atoms with Crippen molar-refractivity contribution in [3.05, 3.63) is 192 Å². The Hall–Kier alpha value is -6.68. The maximum Gasteiger partial charge on any atom is 0.408 e. The summed E-state index contributed by atoms with van der Waals surface area (Å²) < 4.78 is 18.6. The number of imidazole rings is 1. The highest BCUT2D eigenvalue weighted by Crippen LogP contribution is 2.40. The first-order valence-corrected chi connectivity index (χ1v) is 18.9. The second-order valence-electron chi connectivity index (χ2n) is 14.7. The van der Waals surface area contributed by atoms with Crippen molar-refractivity contribution in [2.24, 2.45) is 0 Å². The van der Waals surface area contributed by atoms with Gasteiger partial charge in [-0.15, -0.1) is 0 Å². The van der Waals surface area contributed by atoms with E-state index in [-0.39, 0.29) is 26.1 Å². The van der Waals surface area contributed by atoms with Crippen LogP contribution in [0.5, 0.6) is 5.75 Å². The van der Waals surface area contributed by atoms with Gasteiger partial charge in [-0.1, -0.05) is 133 Å². The van der Waals surface area contributed by atoms with Crippen LogP contribution in [0.15, 0.2) is 158 Å². The Kier molecular flexibility index (Phi) is 12.8. The zero-order valence-corrected chi connectivity index (χ0v) is 32.7. The fraction of sp³-hybridized carbons (Fsp3) is 0.234. The number of carbonyl (C=O) groups is 3. The number of esters is 1. The number of aromatic nitrogens is 2. The molecular weight excluding hydrogens is 717 g/mol. The minimum absolute atomic E-state index is 0.00340. The highest BCUT2D eigenvalue weighted by Gasteiger charge is 2.39. The Balaban J connectivity index is 1.38. The van der Waals surface area contributed by atoms with Gasteiger partial charge in [0, 0.05) is 19.2 Å². The molecule has 0 aliphatic heterocycles. The number of rotatable bonds is 15. The number of ether oxygens (including phenoxy) is 3. The fourth-order valence-corrected chi connectivity index (χ4v) is 6.87. The van der Waals surface area contributed by atoms with Crippen LogP contribution in [-0.2, 0) is 44.2 Å². The molecule has 57 heavy (non-hydrogen) atoms. The average Bonchev–Trinajstić information content (AvgIpc) is 3.69. The summed E-state index contributed by atoms with van der Waals surface area (Å²) in [5, 5.41) is 2.81. The van der Waals surface area contributed by atoms with Crippen LogP contribution < -0.4 is 10.1 Å². The number of methoxy groups -OCH3 is 1. The molecule has 10 nitrogen and oxygen atoms in total. The molecule has 292 valence electrons. The molecule has 2 amide bonds. The first-order valence-electron chi connectivity index (χ1n) is 18.9. The normalized spacial score (nSPS) is 11.9. The van der Waals surface area contributed by atoms with E-state index in [0.29, 0.717) is 11.4 Å². The molecule has 0 aliphatic rings. The second-order valence-corrected chi connectivity index (χ2v) is 14.7. The Labute approximate surface area is 334 Å². The minimum atomic E-state index is -1.17. The molecule has 0 aliphatic carbocycles. The minimum Gasteiger partial charge on any atom is -0.497 e. The lowest BCUT2D eigenvalue weighted by molar-refractivity contribution is -0.159. The highest BCUT2D eigenvalue weighted by molar-refractivity contribution is 5.88. The first-order chi connectivity index (χ1) is 27.5. The third-order valence-electron chi connectivity index (χ3n) is 9.40. The third-order valence-corrected chi connectivity index (χ3v) is 9.40. The van der Waals surface area contributed by atoms with Crippen LogP contribution in [0.2, 0.25) is 0 Å². The van der Waals surface area contributed by atoms with Crippen LogP contribution in [0.4, 0.5) is 4.79 Å². The Morgan fingerprint density at radius 3 is 1.75 bits per heavy atom. The third kappa shape index (κ3) is 10.1. The van der Waals surface area contributed by atoms with Crippen LogP contribution in [0.1, 0.15) is 54.3 Å². The quantitative estimate of drug-likeness (QED) is 0.0835. The molecule has 1 atom stereocenters. The predicted octanol–water partition coefficient (Wildman–Crippen LogP) is 7.94. The molecule has 0 fully saturated rings. The molecule has 1 heterocycles. The maximum atomic E-state index is 14.7. The van der Waals surface area contributed by atoms with Gasteiger partial charge in [0.15, 0.2) is 0 Å². The Morgan fingerprint density at radius 1 is 0.719 bits per heavy atom. The largest absolute Gasteiger partial charge is 0.497 e. The van der Waals surface area contributed by atoms with E-state index in [4.69, 9.17) is 19.2 Å². The van der Waals surface area contributed by atoms with E-state index in [0.717, 1.165) is 27.8 Å². The van der Waals surface area contributed by atoms with E-state index >= 15 is 0 Å². The van der Waals surface area contributed by atoms with Gasteiger partial charge in [-0.2, -0.15) is 0 Å². The number of hydrogen-bond donors (Lipinski definition) is 1. The number of nitrogens with zero attached hydrogens (tertiary/aromatic N) is 3. The zero-order chi connectivity index (χ0) is 40.3. The van der Waals surface area contributed by atoms with E-state index in [1.165, 1.54) is 4.90 Å². The van der Waals surface area contributed by atoms with Crippen molar-refractivity contribution in [2.45, 2.75) is 57.5 Å². The summed E-state index contributed by atoms with van der Waals surface area (Å²) in [7, 11) is 1.57. The van der Waals surface area contributed by atoms with Gasteiger partial charge in [-0.05, 0) is 60.7 Å². The topological polar surface area (TPSA) is 112 Å². The molecule has 0 spiro atoms. The summed E-state index contributed by atoms with van der Waals surface area (Å²) in [6, 6.07) is 45.9. The summed E-state index contributed by atoms with van der Waals surface area (Å²) in [4.78, 5) is 47.7. The average molecular weight is 765 g/mol.